The van der Waals surface area contributed by atoms with Crippen LogP contribution in [0.15, 0.2) is 36.4 Å². The van der Waals surface area contributed by atoms with Crippen molar-refractivity contribution in [2.75, 3.05) is 0 Å². The maximum Gasteiger partial charge on any atom is 0.417 e. The third-order valence-corrected chi connectivity index (χ3v) is 2.01. The molecule has 0 amide bonds. The highest BCUT2D eigenvalue weighted by Crippen LogP contribution is 2.32. The van der Waals surface area contributed by atoms with Gasteiger partial charge >= 0.3 is 12.1 Å². The van der Waals surface area contributed by atoms with Crippen LogP contribution in [-0.2, 0) is 11.0 Å². The topological polar surface area (TPSA) is 54.4 Å². The first-order valence-electron chi connectivity index (χ1n) is 4.38. The van der Waals surface area contributed by atoms with Crippen LogP contribution in [0.3, 0.4) is 0 Å². The van der Waals surface area contributed by atoms with E-state index < -0.39 is 34.6 Å². The predicted octanol–water partition coefficient (Wildman–Crippen LogP) is 2.53. The van der Waals surface area contributed by atoms with Gasteiger partial charge in [0.25, 0.3) is 0 Å². The van der Waals surface area contributed by atoms with E-state index in [0.29, 0.717) is 6.07 Å². The quantitative estimate of drug-likeness (QED) is 0.384. The lowest BCUT2D eigenvalue weighted by Gasteiger charge is -2.11. The van der Waals surface area contributed by atoms with Crippen LogP contribution in [0.4, 0.5) is 13.2 Å². The Hall–Kier alpha value is -2.11. The van der Waals surface area contributed by atoms with Gasteiger partial charge in [0.05, 0.1) is 5.56 Å². The van der Waals surface area contributed by atoms with Gasteiger partial charge in [0, 0.05) is 5.56 Å². The summed E-state index contributed by atoms with van der Waals surface area (Å²) in [6.07, 6.45) is -4.72. The Balaban J connectivity index is 3.29. The Bertz CT molecular complexity index is 489. The van der Waals surface area contributed by atoms with Crippen LogP contribution >= 0.6 is 0 Å². The second-order valence-corrected chi connectivity index (χ2v) is 3.16. The molecule has 0 saturated carbocycles. The summed E-state index contributed by atoms with van der Waals surface area (Å²) in [7, 11) is 0. The minimum absolute atomic E-state index is 0.711. The lowest BCUT2D eigenvalue weighted by atomic mass is 9.99. The highest BCUT2D eigenvalue weighted by molar-refractivity contribution is 6.23. The van der Waals surface area contributed by atoms with E-state index in [1.165, 1.54) is 6.07 Å². The molecule has 0 radical (unpaired) electrons. The molecule has 3 nitrogen and oxygen atoms in total. The molecule has 0 heterocycles. The van der Waals surface area contributed by atoms with Crippen LogP contribution in [0.5, 0.6) is 0 Å². The summed E-state index contributed by atoms with van der Waals surface area (Å²) in [5.74, 6) is -2.89. The Labute approximate surface area is 94.2 Å². The number of carbonyl (C=O) groups excluding carboxylic acids is 1. The van der Waals surface area contributed by atoms with Crippen LogP contribution in [0.25, 0.3) is 0 Å². The number of carbonyl (C=O) groups is 2. The van der Waals surface area contributed by atoms with Gasteiger partial charge in [0.1, 0.15) is 5.57 Å². The minimum atomic E-state index is -4.72. The molecule has 90 valence electrons. The van der Waals surface area contributed by atoms with Crippen molar-refractivity contribution in [3.05, 3.63) is 47.5 Å². The van der Waals surface area contributed by atoms with Crippen molar-refractivity contribution >= 4 is 11.8 Å². The smallest absolute Gasteiger partial charge is 0.417 e. The first-order valence-corrected chi connectivity index (χ1v) is 4.38. The van der Waals surface area contributed by atoms with Crippen LogP contribution in [0.2, 0.25) is 0 Å². The number of carboxylic acid groups (broad SMARTS) is 1. The van der Waals surface area contributed by atoms with Crippen LogP contribution < -0.4 is 0 Å². The van der Waals surface area contributed by atoms with Crippen molar-refractivity contribution in [2.45, 2.75) is 6.18 Å². The van der Waals surface area contributed by atoms with E-state index in [2.05, 4.69) is 6.58 Å². The number of carboxylic acids is 1. The van der Waals surface area contributed by atoms with Crippen LogP contribution in [0.1, 0.15) is 15.9 Å². The van der Waals surface area contributed by atoms with Gasteiger partial charge in [-0.3, -0.25) is 4.79 Å². The summed E-state index contributed by atoms with van der Waals surface area (Å²) in [4.78, 5) is 21.9. The minimum Gasteiger partial charge on any atom is -0.478 e. The van der Waals surface area contributed by atoms with Crippen molar-refractivity contribution in [3.8, 4) is 0 Å². The molecule has 1 N–H and O–H groups in total. The molecule has 1 rings (SSSR count). The van der Waals surface area contributed by atoms with Gasteiger partial charge < -0.3 is 5.11 Å². The van der Waals surface area contributed by atoms with E-state index in [0.717, 1.165) is 12.1 Å². The van der Waals surface area contributed by atoms with Crippen LogP contribution in [-0.4, -0.2) is 16.9 Å². The fourth-order valence-electron chi connectivity index (χ4n) is 1.19. The average molecular weight is 244 g/mol. The molecule has 0 atom stereocenters. The van der Waals surface area contributed by atoms with Gasteiger partial charge in [0.15, 0.2) is 5.78 Å². The molecule has 17 heavy (non-hydrogen) atoms. The molecule has 1 aromatic rings. The predicted molar refractivity (Wildman–Crippen MR) is 52.6 cm³/mol. The largest absolute Gasteiger partial charge is 0.478 e. The summed E-state index contributed by atoms with van der Waals surface area (Å²) in [5, 5.41) is 8.51. The highest BCUT2D eigenvalue weighted by atomic mass is 19.4. The molecule has 0 aliphatic heterocycles. The number of Topliss-reactive ketones (excluding diaryl/α,β-unsaturated/α-hetero) is 1. The van der Waals surface area contributed by atoms with Crippen molar-refractivity contribution in [1.82, 2.24) is 0 Å². The van der Waals surface area contributed by atoms with Gasteiger partial charge in [-0.15, -0.1) is 0 Å². The molecule has 6 heteroatoms. The zero-order chi connectivity index (χ0) is 13.2. The number of benzene rings is 1. The van der Waals surface area contributed by atoms with Gasteiger partial charge in [-0.05, 0) is 6.07 Å². The fraction of sp³-hybridized carbons (Fsp3) is 0.0909. The van der Waals surface area contributed by atoms with E-state index in [-0.39, 0.29) is 0 Å². The van der Waals surface area contributed by atoms with Crippen molar-refractivity contribution in [2.24, 2.45) is 0 Å². The molecule has 1 aromatic carbocycles. The molecular weight excluding hydrogens is 237 g/mol. The van der Waals surface area contributed by atoms with Crippen molar-refractivity contribution in [3.63, 3.8) is 0 Å². The molecular formula is C11H7F3O3. The third kappa shape index (κ3) is 2.72. The third-order valence-electron chi connectivity index (χ3n) is 2.01. The number of ketones is 1. The number of hydrogen-bond acceptors (Lipinski definition) is 2. The molecule has 0 unspecified atom stereocenters. The normalized spacial score (nSPS) is 11.0. The zero-order valence-corrected chi connectivity index (χ0v) is 8.41. The number of halogens is 3. The Kier molecular flexibility index (Phi) is 3.36. The van der Waals surface area contributed by atoms with E-state index in [4.69, 9.17) is 5.11 Å². The highest BCUT2D eigenvalue weighted by Gasteiger charge is 2.35. The molecule has 0 aromatic heterocycles. The van der Waals surface area contributed by atoms with E-state index in [9.17, 15) is 22.8 Å². The molecule has 0 saturated heterocycles. The first kappa shape index (κ1) is 13.0. The Morgan fingerprint density at radius 2 is 1.71 bits per heavy atom. The lowest BCUT2D eigenvalue weighted by molar-refractivity contribution is -0.138. The zero-order valence-electron chi connectivity index (χ0n) is 8.41. The maximum absolute atomic E-state index is 12.5. The van der Waals surface area contributed by atoms with Crippen LogP contribution in [0, 0.1) is 0 Å². The van der Waals surface area contributed by atoms with Crippen molar-refractivity contribution in [1.29, 1.82) is 0 Å². The number of hydrogen-bond donors (Lipinski definition) is 1. The molecule has 0 aliphatic rings. The number of aliphatic carboxylic acids is 1. The van der Waals surface area contributed by atoms with Crippen molar-refractivity contribution < 1.29 is 27.9 Å². The van der Waals surface area contributed by atoms with Gasteiger partial charge in [-0.25, -0.2) is 4.79 Å². The van der Waals surface area contributed by atoms with E-state index in [1.54, 1.807) is 0 Å². The maximum atomic E-state index is 12.5. The second kappa shape index (κ2) is 4.40. The summed E-state index contributed by atoms with van der Waals surface area (Å²) in [5.41, 5.74) is -2.79. The number of alkyl halides is 3. The van der Waals surface area contributed by atoms with Gasteiger partial charge in [-0.1, -0.05) is 24.8 Å². The Morgan fingerprint density at radius 1 is 1.18 bits per heavy atom. The second-order valence-electron chi connectivity index (χ2n) is 3.16. The SMILES string of the molecule is C=C(C(=O)O)C(=O)c1ccccc1C(F)(F)F. The summed E-state index contributed by atoms with van der Waals surface area (Å²) in [6, 6.07) is 3.96. The molecule has 0 bridgehead atoms. The molecule has 0 spiro atoms. The first-order chi connectivity index (χ1) is 7.75. The molecule has 0 aliphatic carbocycles. The summed E-state index contributed by atoms with van der Waals surface area (Å²) < 4.78 is 37.6. The number of rotatable bonds is 3. The van der Waals surface area contributed by atoms with E-state index >= 15 is 0 Å². The summed E-state index contributed by atoms with van der Waals surface area (Å²) >= 11 is 0. The standard InChI is InChI=1S/C11H7F3O3/c1-6(10(16)17)9(15)7-4-2-3-5-8(7)11(12,13)14/h2-5H,1H2,(H,16,17). The lowest BCUT2D eigenvalue weighted by Crippen LogP contribution is -2.17. The fourth-order valence-corrected chi connectivity index (χ4v) is 1.19. The Morgan fingerprint density at radius 3 is 2.18 bits per heavy atom. The average Bonchev–Trinajstić information content (AvgIpc) is 2.25. The molecule has 0 fully saturated rings. The summed E-state index contributed by atoms with van der Waals surface area (Å²) in [6.45, 7) is 2.94. The monoisotopic (exact) mass is 244 g/mol. The van der Waals surface area contributed by atoms with E-state index in [1.807, 2.05) is 0 Å². The van der Waals surface area contributed by atoms with Gasteiger partial charge in [-0.2, -0.15) is 13.2 Å². The van der Waals surface area contributed by atoms with Gasteiger partial charge in [0.2, 0.25) is 0 Å².